The highest BCUT2D eigenvalue weighted by Crippen LogP contribution is 2.62. The lowest BCUT2D eigenvalue weighted by Gasteiger charge is -2.48. The van der Waals surface area contributed by atoms with Crippen LogP contribution in [0.2, 0.25) is 19.6 Å². The summed E-state index contributed by atoms with van der Waals surface area (Å²) >= 11 is 0.171. The number of carbonyl (C=O) groups excluding carboxylic acids is 1. The van der Waals surface area contributed by atoms with E-state index in [1.54, 1.807) is 0 Å². The Morgan fingerprint density at radius 3 is 2.12 bits per heavy atom. The Bertz CT molecular complexity index is 913. The predicted molar refractivity (Wildman–Crippen MR) is 156 cm³/mol. The van der Waals surface area contributed by atoms with Gasteiger partial charge in [-0.1, -0.05) is 40.2 Å². The monoisotopic (exact) mass is 632 g/mol. The Hall–Kier alpha value is -0.523. The molecule has 0 N–H and O–H groups in total. The van der Waals surface area contributed by atoms with Crippen molar-refractivity contribution in [3.8, 4) is 0 Å². The first-order valence-electron chi connectivity index (χ1n) is 14.8. The number of hydrogen-bond donors (Lipinski definition) is 0. The highest BCUT2D eigenvalue weighted by Gasteiger charge is 2.71. The minimum Gasteiger partial charge on any atom is -0.413 e. The van der Waals surface area contributed by atoms with Crippen LogP contribution in [-0.4, -0.2) is 42.9 Å². The molecule has 0 aromatic carbocycles. The van der Waals surface area contributed by atoms with Gasteiger partial charge in [0.1, 0.15) is 5.78 Å². The average molecular weight is 633 g/mol. The second-order valence-corrected chi connectivity index (χ2v) is 20.3. The van der Waals surface area contributed by atoms with Crippen molar-refractivity contribution in [2.75, 3.05) is 0 Å². The first-order valence-corrected chi connectivity index (χ1v) is 19.0. The highest BCUT2D eigenvalue weighted by atomic mass is 32.2. The van der Waals surface area contributed by atoms with Gasteiger partial charge in [0.15, 0.2) is 8.32 Å². The molecule has 2 aliphatic carbocycles. The van der Waals surface area contributed by atoms with Crippen molar-refractivity contribution in [2.45, 2.75) is 148 Å². The topological polar surface area (TPSA) is 35.5 Å². The number of halogens is 6. The fraction of sp³-hybridized carbons (Fsp3) is 0.900. The third kappa shape index (κ3) is 8.78. The molecule has 0 aromatic heterocycles. The molecule has 0 spiro atoms. The van der Waals surface area contributed by atoms with E-state index in [0.29, 0.717) is 32.1 Å². The zero-order valence-corrected chi connectivity index (χ0v) is 28.0. The van der Waals surface area contributed by atoms with Gasteiger partial charge < -0.3 is 4.43 Å². The van der Waals surface area contributed by atoms with Gasteiger partial charge in [0.05, 0.1) is 5.60 Å². The lowest BCUT2D eigenvalue weighted by atomic mass is 9.56. The maximum Gasteiger partial charge on any atom is 0.431 e. The lowest BCUT2D eigenvalue weighted by molar-refractivity contribution is -0.334. The van der Waals surface area contributed by atoms with Crippen molar-refractivity contribution in [3.63, 3.8) is 0 Å². The maximum absolute atomic E-state index is 14.1. The second-order valence-electron chi connectivity index (χ2n) is 14.6. The number of ketones is 1. The Balaban J connectivity index is 2.44. The molecule has 2 fully saturated rings. The van der Waals surface area contributed by atoms with Crippen molar-refractivity contribution < 1.29 is 39.7 Å². The van der Waals surface area contributed by atoms with Gasteiger partial charge in [0.25, 0.3) is 5.60 Å². The number of Topliss-reactive ketones (excluding diaryl/α,β-unsaturated/α-hetero) is 1. The third-order valence-electron chi connectivity index (χ3n) is 8.96. The minimum atomic E-state index is -5.70. The van der Waals surface area contributed by atoms with Gasteiger partial charge in [0, 0.05) is 17.6 Å². The molecule has 0 radical (unpaired) electrons. The Morgan fingerprint density at radius 2 is 1.61 bits per heavy atom. The van der Waals surface area contributed by atoms with Crippen LogP contribution < -0.4 is 0 Å². The van der Waals surface area contributed by atoms with Crippen LogP contribution in [0.1, 0.15) is 99.3 Å². The molecule has 3 nitrogen and oxygen atoms in total. The van der Waals surface area contributed by atoms with Crippen molar-refractivity contribution in [1.29, 1.82) is 0 Å². The Kier molecular flexibility index (Phi) is 11.5. The van der Waals surface area contributed by atoms with Crippen molar-refractivity contribution in [3.05, 3.63) is 12.2 Å². The fourth-order valence-electron chi connectivity index (χ4n) is 7.43. The van der Waals surface area contributed by atoms with E-state index >= 15 is 0 Å². The zero-order valence-electron chi connectivity index (χ0n) is 26.2. The van der Waals surface area contributed by atoms with Crippen LogP contribution in [0.25, 0.3) is 0 Å². The predicted octanol–water partition coefficient (Wildman–Crippen LogP) is 10.5. The normalized spacial score (nSPS) is 26.6. The maximum atomic E-state index is 14.1. The molecular weight excluding hydrogens is 582 g/mol. The van der Waals surface area contributed by atoms with Gasteiger partial charge in [-0.05, 0) is 113 Å². The van der Waals surface area contributed by atoms with Crippen LogP contribution in [0.4, 0.5) is 26.3 Å². The third-order valence-corrected chi connectivity index (χ3v) is 10.9. The van der Waals surface area contributed by atoms with Gasteiger partial charge in [-0.15, -0.1) is 0 Å². The summed E-state index contributed by atoms with van der Waals surface area (Å²) in [7, 11) is -1.83. The number of allylic oxidation sites excluding steroid dienone is 1. The summed E-state index contributed by atoms with van der Waals surface area (Å²) in [5.74, 6) is 0.120. The largest absolute Gasteiger partial charge is 0.431 e. The summed E-state index contributed by atoms with van der Waals surface area (Å²) in [5, 5.41) is -0.598. The van der Waals surface area contributed by atoms with Crippen LogP contribution in [0, 0.1) is 22.7 Å². The van der Waals surface area contributed by atoms with Crippen LogP contribution in [-0.2, 0) is 13.4 Å². The Morgan fingerprint density at radius 1 is 1.02 bits per heavy atom. The van der Waals surface area contributed by atoms with E-state index < -0.39 is 42.5 Å². The molecule has 2 saturated carbocycles. The number of hydrogen-bond acceptors (Lipinski definition) is 4. The van der Waals surface area contributed by atoms with E-state index in [0.717, 1.165) is 25.3 Å². The number of alkyl halides is 6. The smallest absolute Gasteiger partial charge is 0.413 e. The first-order chi connectivity index (χ1) is 18.4. The van der Waals surface area contributed by atoms with Gasteiger partial charge in [0.2, 0.25) is 0 Å². The molecule has 240 valence electrons. The fourth-order valence-corrected chi connectivity index (χ4v) is 9.78. The molecule has 0 heterocycles. The molecule has 41 heavy (non-hydrogen) atoms. The zero-order chi connectivity index (χ0) is 31.7. The van der Waals surface area contributed by atoms with E-state index in [9.17, 15) is 31.1 Å². The summed E-state index contributed by atoms with van der Waals surface area (Å²) in [6, 6.07) is 0. The van der Waals surface area contributed by atoms with Crippen LogP contribution in [0.3, 0.4) is 0 Å². The van der Waals surface area contributed by atoms with Crippen molar-refractivity contribution in [1.82, 2.24) is 0 Å². The summed E-state index contributed by atoms with van der Waals surface area (Å²) in [6.07, 6.45) is -4.56. The molecule has 4 atom stereocenters. The van der Waals surface area contributed by atoms with Crippen LogP contribution in [0.5, 0.6) is 0 Å². The van der Waals surface area contributed by atoms with Crippen molar-refractivity contribution in [2.24, 2.45) is 22.7 Å². The molecule has 0 bridgehead atoms. The average Bonchev–Trinajstić information content (AvgIpc) is 3.11. The number of fused-ring (bicyclic) bond motifs is 1. The Labute approximate surface area is 248 Å². The summed E-state index contributed by atoms with van der Waals surface area (Å²) in [4.78, 5) is 12.8. The second kappa shape index (κ2) is 12.8. The summed E-state index contributed by atoms with van der Waals surface area (Å²) in [5.41, 5.74) is -5.74. The summed E-state index contributed by atoms with van der Waals surface area (Å²) < 4.78 is 95.4. The van der Waals surface area contributed by atoms with Crippen LogP contribution >= 0.6 is 12.0 Å². The van der Waals surface area contributed by atoms with Crippen LogP contribution in [0.15, 0.2) is 12.2 Å². The first kappa shape index (κ1) is 36.7. The molecule has 1 unspecified atom stereocenters. The van der Waals surface area contributed by atoms with Gasteiger partial charge in [-0.3, -0.25) is 8.98 Å². The molecule has 0 aromatic rings. The minimum absolute atomic E-state index is 0.00736. The van der Waals surface area contributed by atoms with Crippen molar-refractivity contribution >= 4 is 26.1 Å². The van der Waals surface area contributed by atoms with E-state index in [4.69, 9.17) is 4.43 Å². The molecule has 11 heteroatoms. The van der Waals surface area contributed by atoms with Gasteiger partial charge in [-0.2, -0.15) is 26.3 Å². The van der Waals surface area contributed by atoms with E-state index in [1.165, 1.54) is 13.8 Å². The summed E-state index contributed by atoms with van der Waals surface area (Å²) in [6.45, 7) is 17.4. The molecular formula is C30H50F6O3SSi. The standard InChI is InChI=1S/C30H50F6O3SSi/c1-21(2)40-38-28(29(31,32)33,30(34,35)36)20-12-18-26(5,17-11-16-25(3,4)39-41(7,8)9)24-15-14-22-23(37)13-10-19-27(22,24)6/h12,20-22,24H,10-11,13-19H2,1-9H3/b20-12-/t22?,24-,26-,27+/m1/s1. The number of carbonyl (C=O) groups is 1. The molecule has 2 rings (SSSR count). The quantitative estimate of drug-likeness (QED) is 0.0876. The molecule has 0 aliphatic heterocycles. The molecule has 2 aliphatic rings. The SMILES string of the molecule is CC(C)SOC(/C=C\C[C@@](C)(CCCC(C)(C)O[Si](C)(C)C)[C@H]1CCC2C(=O)CCC[C@@]21C)(C(F)(F)F)C(F)(F)F. The van der Waals surface area contributed by atoms with E-state index in [-0.39, 0.29) is 47.6 Å². The van der Waals surface area contributed by atoms with Gasteiger partial charge >= 0.3 is 12.4 Å². The highest BCUT2D eigenvalue weighted by molar-refractivity contribution is 7.95. The molecule has 0 amide bonds. The van der Waals surface area contributed by atoms with E-state index in [1.807, 2.05) is 20.8 Å². The number of rotatable bonds is 13. The lowest BCUT2D eigenvalue weighted by Crippen LogP contribution is -2.56. The van der Waals surface area contributed by atoms with E-state index in [2.05, 4.69) is 30.7 Å². The molecule has 0 saturated heterocycles. The van der Waals surface area contributed by atoms with Gasteiger partial charge in [-0.25, -0.2) is 0 Å².